The van der Waals surface area contributed by atoms with Crippen LogP contribution in [0.2, 0.25) is 0 Å². The Morgan fingerprint density at radius 1 is 0.929 bits per heavy atom. The molecule has 1 amide bonds. The van der Waals surface area contributed by atoms with Crippen molar-refractivity contribution in [1.29, 1.82) is 0 Å². The van der Waals surface area contributed by atoms with Crippen LogP contribution < -0.4 is 9.47 Å². The molecule has 0 atom stereocenters. The molecule has 3 rings (SSSR count). The van der Waals surface area contributed by atoms with Crippen LogP contribution in [-0.2, 0) is 6.54 Å². The Labute approximate surface area is 167 Å². The molecular formula is C23H30N2O3. The fourth-order valence-electron chi connectivity index (χ4n) is 3.50. The molecule has 0 N–H and O–H groups in total. The van der Waals surface area contributed by atoms with Gasteiger partial charge in [0.2, 0.25) is 0 Å². The first-order valence-corrected chi connectivity index (χ1v) is 10.1. The van der Waals surface area contributed by atoms with Gasteiger partial charge in [0.25, 0.3) is 5.91 Å². The number of hydrogen-bond donors (Lipinski definition) is 0. The highest BCUT2D eigenvalue weighted by Crippen LogP contribution is 2.29. The van der Waals surface area contributed by atoms with Gasteiger partial charge < -0.3 is 14.4 Å². The third-order valence-corrected chi connectivity index (χ3v) is 5.11. The summed E-state index contributed by atoms with van der Waals surface area (Å²) in [6, 6.07) is 14.0. The summed E-state index contributed by atoms with van der Waals surface area (Å²) in [6.45, 7) is 11.3. The summed E-state index contributed by atoms with van der Waals surface area (Å²) in [4.78, 5) is 17.3. The van der Waals surface area contributed by atoms with Crippen LogP contribution in [0.1, 0.15) is 35.3 Å². The summed E-state index contributed by atoms with van der Waals surface area (Å²) in [5.41, 5.74) is 3.33. The Bertz CT molecular complexity index is 798. The van der Waals surface area contributed by atoms with E-state index in [0.29, 0.717) is 30.3 Å². The van der Waals surface area contributed by atoms with Gasteiger partial charge in [-0.25, -0.2) is 0 Å². The predicted molar refractivity (Wildman–Crippen MR) is 111 cm³/mol. The Kier molecular flexibility index (Phi) is 6.93. The zero-order chi connectivity index (χ0) is 19.9. The SMILES string of the molecule is CCOc1ccc(C(=O)N2CCN(Cc3ccccc3C)CC2)cc1OCC. The molecule has 2 aromatic rings. The Morgan fingerprint density at radius 3 is 2.29 bits per heavy atom. The van der Waals surface area contributed by atoms with Crippen molar-refractivity contribution in [3.63, 3.8) is 0 Å². The van der Waals surface area contributed by atoms with Crippen molar-refractivity contribution in [3.8, 4) is 11.5 Å². The van der Waals surface area contributed by atoms with Gasteiger partial charge in [-0.3, -0.25) is 9.69 Å². The fourth-order valence-corrected chi connectivity index (χ4v) is 3.50. The number of benzene rings is 2. The normalized spacial score (nSPS) is 14.8. The van der Waals surface area contributed by atoms with Gasteiger partial charge in [-0.15, -0.1) is 0 Å². The Balaban J connectivity index is 1.62. The zero-order valence-electron chi connectivity index (χ0n) is 17.1. The minimum Gasteiger partial charge on any atom is -0.490 e. The van der Waals surface area contributed by atoms with Gasteiger partial charge in [-0.1, -0.05) is 24.3 Å². The number of carbonyl (C=O) groups is 1. The molecule has 5 nitrogen and oxygen atoms in total. The fraction of sp³-hybridized carbons (Fsp3) is 0.435. The number of nitrogens with zero attached hydrogens (tertiary/aromatic N) is 2. The van der Waals surface area contributed by atoms with Crippen LogP contribution in [-0.4, -0.2) is 55.1 Å². The smallest absolute Gasteiger partial charge is 0.254 e. The van der Waals surface area contributed by atoms with E-state index >= 15 is 0 Å². The molecule has 0 saturated carbocycles. The molecule has 1 aliphatic heterocycles. The van der Waals surface area contributed by atoms with Crippen LogP contribution in [0.5, 0.6) is 11.5 Å². The maximum atomic E-state index is 13.0. The van der Waals surface area contributed by atoms with E-state index in [-0.39, 0.29) is 5.91 Å². The molecule has 0 bridgehead atoms. The third-order valence-electron chi connectivity index (χ3n) is 5.11. The molecule has 150 valence electrons. The lowest BCUT2D eigenvalue weighted by atomic mass is 10.1. The first-order valence-electron chi connectivity index (χ1n) is 10.1. The number of piperazine rings is 1. The average Bonchev–Trinajstić information content (AvgIpc) is 2.71. The minimum atomic E-state index is 0.0551. The lowest BCUT2D eigenvalue weighted by molar-refractivity contribution is 0.0627. The van der Waals surface area contributed by atoms with Crippen LogP contribution in [0, 0.1) is 6.92 Å². The van der Waals surface area contributed by atoms with Gasteiger partial charge >= 0.3 is 0 Å². The van der Waals surface area contributed by atoms with Gasteiger partial charge in [0, 0.05) is 38.3 Å². The highest BCUT2D eigenvalue weighted by Gasteiger charge is 2.23. The first-order chi connectivity index (χ1) is 13.6. The zero-order valence-corrected chi connectivity index (χ0v) is 17.1. The molecule has 28 heavy (non-hydrogen) atoms. The van der Waals surface area contributed by atoms with Crippen LogP contribution >= 0.6 is 0 Å². The summed E-state index contributed by atoms with van der Waals surface area (Å²) in [5.74, 6) is 1.37. The number of ether oxygens (including phenoxy) is 2. The molecule has 2 aromatic carbocycles. The molecule has 1 saturated heterocycles. The van der Waals surface area contributed by atoms with Crippen LogP contribution in [0.3, 0.4) is 0 Å². The van der Waals surface area contributed by atoms with Crippen molar-refractivity contribution in [2.24, 2.45) is 0 Å². The molecule has 1 fully saturated rings. The molecule has 0 radical (unpaired) electrons. The molecular weight excluding hydrogens is 352 g/mol. The molecule has 5 heteroatoms. The summed E-state index contributed by atoms with van der Waals surface area (Å²) in [5, 5.41) is 0. The topological polar surface area (TPSA) is 42.0 Å². The van der Waals surface area contributed by atoms with Gasteiger partial charge in [-0.05, 0) is 50.1 Å². The molecule has 0 aromatic heterocycles. The highest BCUT2D eigenvalue weighted by molar-refractivity contribution is 5.95. The van der Waals surface area contributed by atoms with Crippen LogP contribution in [0.4, 0.5) is 0 Å². The number of hydrogen-bond acceptors (Lipinski definition) is 4. The van der Waals surface area contributed by atoms with E-state index in [1.807, 2.05) is 30.9 Å². The molecule has 0 spiro atoms. The summed E-state index contributed by atoms with van der Waals surface area (Å²) in [6.07, 6.45) is 0. The maximum absolute atomic E-state index is 13.0. The number of aryl methyl sites for hydroxylation is 1. The number of amides is 1. The molecule has 1 heterocycles. The second-order valence-corrected chi connectivity index (χ2v) is 7.02. The van der Waals surface area contributed by atoms with Gasteiger partial charge in [0.15, 0.2) is 11.5 Å². The lowest BCUT2D eigenvalue weighted by Gasteiger charge is -2.35. The molecule has 0 aliphatic carbocycles. The van der Waals surface area contributed by atoms with E-state index in [9.17, 15) is 4.79 Å². The highest BCUT2D eigenvalue weighted by atomic mass is 16.5. The first kappa shape index (κ1) is 20.2. The van der Waals surface area contributed by atoms with Crippen LogP contribution in [0.25, 0.3) is 0 Å². The minimum absolute atomic E-state index is 0.0551. The second-order valence-electron chi connectivity index (χ2n) is 7.02. The van der Waals surface area contributed by atoms with E-state index in [2.05, 4.69) is 36.1 Å². The van der Waals surface area contributed by atoms with Crippen molar-refractivity contribution in [2.75, 3.05) is 39.4 Å². The van der Waals surface area contributed by atoms with Gasteiger partial charge in [-0.2, -0.15) is 0 Å². The second kappa shape index (κ2) is 9.60. The number of carbonyl (C=O) groups excluding carboxylic acids is 1. The van der Waals surface area contributed by atoms with Crippen molar-refractivity contribution in [1.82, 2.24) is 9.80 Å². The largest absolute Gasteiger partial charge is 0.490 e. The standard InChI is InChI=1S/C23H30N2O3/c1-4-27-21-11-10-19(16-22(21)28-5-2)23(26)25-14-12-24(13-15-25)17-20-9-7-6-8-18(20)3/h6-11,16H,4-5,12-15,17H2,1-3H3. The van der Waals surface area contributed by atoms with Crippen molar-refractivity contribution in [2.45, 2.75) is 27.3 Å². The number of rotatable bonds is 7. The summed E-state index contributed by atoms with van der Waals surface area (Å²) in [7, 11) is 0. The van der Waals surface area contributed by atoms with E-state index in [4.69, 9.17) is 9.47 Å². The Hall–Kier alpha value is -2.53. The molecule has 1 aliphatic rings. The van der Waals surface area contributed by atoms with Crippen LogP contribution in [0.15, 0.2) is 42.5 Å². The van der Waals surface area contributed by atoms with E-state index in [0.717, 1.165) is 32.7 Å². The third kappa shape index (κ3) is 4.84. The van der Waals surface area contributed by atoms with Crippen molar-refractivity contribution < 1.29 is 14.3 Å². The predicted octanol–water partition coefficient (Wildman–Crippen LogP) is 3.75. The lowest BCUT2D eigenvalue weighted by Crippen LogP contribution is -2.48. The molecule has 0 unspecified atom stereocenters. The van der Waals surface area contributed by atoms with Gasteiger partial charge in [0.1, 0.15) is 0 Å². The van der Waals surface area contributed by atoms with Crippen molar-refractivity contribution in [3.05, 3.63) is 59.2 Å². The van der Waals surface area contributed by atoms with Crippen molar-refractivity contribution >= 4 is 5.91 Å². The Morgan fingerprint density at radius 2 is 1.61 bits per heavy atom. The summed E-state index contributed by atoms with van der Waals surface area (Å²) < 4.78 is 11.3. The van der Waals surface area contributed by atoms with E-state index in [1.165, 1.54) is 11.1 Å². The van der Waals surface area contributed by atoms with E-state index in [1.54, 1.807) is 6.07 Å². The quantitative estimate of drug-likeness (QED) is 0.731. The van der Waals surface area contributed by atoms with Gasteiger partial charge in [0.05, 0.1) is 13.2 Å². The average molecular weight is 383 g/mol. The van der Waals surface area contributed by atoms with E-state index < -0.39 is 0 Å². The summed E-state index contributed by atoms with van der Waals surface area (Å²) >= 11 is 0. The monoisotopic (exact) mass is 382 g/mol. The maximum Gasteiger partial charge on any atom is 0.254 e.